The maximum atomic E-state index is 12.0. The van der Waals surface area contributed by atoms with Crippen molar-refractivity contribution < 1.29 is 4.79 Å². The molecule has 1 saturated carbocycles. The number of amides is 1. The van der Waals surface area contributed by atoms with Gasteiger partial charge in [0, 0.05) is 12.5 Å². The number of aryl methyl sites for hydroxylation is 1. The Morgan fingerprint density at radius 2 is 2.15 bits per heavy atom. The van der Waals surface area contributed by atoms with E-state index in [1.54, 1.807) is 0 Å². The average molecular weight is 279 g/mol. The number of carbonyl (C=O) groups excluding carboxylic acids is 1. The van der Waals surface area contributed by atoms with E-state index in [2.05, 4.69) is 27.8 Å². The van der Waals surface area contributed by atoms with Gasteiger partial charge in [0.05, 0.1) is 6.04 Å². The minimum absolute atomic E-state index is 0.168. The summed E-state index contributed by atoms with van der Waals surface area (Å²) in [7, 11) is 0. The molecule has 0 bridgehead atoms. The molecular formula is C14H25N5O. The topological polar surface area (TPSA) is 72.7 Å². The predicted molar refractivity (Wildman–Crippen MR) is 76.1 cm³/mol. The SMILES string of the molecule is CCC(CCC(=O)NC1CCCCC1)n1nnnc1C. The van der Waals surface area contributed by atoms with E-state index >= 15 is 0 Å². The zero-order valence-electron chi connectivity index (χ0n) is 12.5. The Morgan fingerprint density at radius 1 is 1.40 bits per heavy atom. The summed E-state index contributed by atoms with van der Waals surface area (Å²) >= 11 is 0. The van der Waals surface area contributed by atoms with E-state index < -0.39 is 0 Å². The zero-order valence-corrected chi connectivity index (χ0v) is 12.5. The van der Waals surface area contributed by atoms with E-state index in [1.807, 2.05) is 11.6 Å². The van der Waals surface area contributed by atoms with E-state index in [9.17, 15) is 4.79 Å². The highest BCUT2D eigenvalue weighted by Crippen LogP contribution is 2.19. The first-order chi connectivity index (χ1) is 9.70. The van der Waals surface area contributed by atoms with Crippen molar-refractivity contribution in [1.82, 2.24) is 25.5 Å². The number of carbonyl (C=O) groups is 1. The van der Waals surface area contributed by atoms with Gasteiger partial charge in [0.25, 0.3) is 0 Å². The van der Waals surface area contributed by atoms with Gasteiger partial charge in [-0.05, 0) is 43.0 Å². The van der Waals surface area contributed by atoms with Crippen molar-refractivity contribution in [2.45, 2.75) is 77.3 Å². The van der Waals surface area contributed by atoms with Gasteiger partial charge in [-0.15, -0.1) is 5.10 Å². The lowest BCUT2D eigenvalue weighted by atomic mass is 9.95. The van der Waals surface area contributed by atoms with Crippen molar-refractivity contribution in [3.8, 4) is 0 Å². The third-order valence-electron chi connectivity index (χ3n) is 4.15. The fraction of sp³-hybridized carbons (Fsp3) is 0.857. The van der Waals surface area contributed by atoms with E-state index in [4.69, 9.17) is 0 Å². The molecular weight excluding hydrogens is 254 g/mol. The normalized spacial score (nSPS) is 17.9. The van der Waals surface area contributed by atoms with Crippen LogP contribution in [0, 0.1) is 6.92 Å². The Labute approximate surface area is 120 Å². The molecule has 0 aromatic carbocycles. The Morgan fingerprint density at radius 3 is 2.75 bits per heavy atom. The minimum atomic E-state index is 0.168. The second-order valence-electron chi connectivity index (χ2n) is 5.67. The molecule has 0 spiro atoms. The molecule has 20 heavy (non-hydrogen) atoms. The standard InChI is InChI=1S/C14H25N5O/c1-3-13(19-11(2)16-17-18-19)9-10-14(20)15-12-7-5-4-6-8-12/h12-13H,3-10H2,1-2H3,(H,15,20). The van der Waals surface area contributed by atoms with Gasteiger partial charge in [-0.1, -0.05) is 26.2 Å². The fourth-order valence-electron chi connectivity index (χ4n) is 2.92. The van der Waals surface area contributed by atoms with Crippen LogP contribution < -0.4 is 5.32 Å². The smallest absolute Gasteiger partial charge is 0.220 e. The van der Waals surface area contributed by atoms with Gasteiger partial charge in [-0.25, -0.2) is 4.68 Å². The summed E-state index contributed by atoms with van der Waals surface area (Å²) in [5.41, 5.74) is 0. The Hall–Kier alpha value is -1.46. The van der Waals surface area contributed by atoms with Crippen LogP contribution in [0.15, 0.2) is 0 Å². The number of nitrogens with zero attached hydrogens (tertiary/aromatic N) is 4. The second kappa shape index (κ2) is 7.36. The number of aromatic nitrogens is 4. The lowest BCUT2D eigenvalue weighted by molar-refractivity contribution is -0.122. The number of tetrazole rings is 1. The fourth-order valence-corrected chi connectivity index (χ4v) is 2.92. The van der Waals surface area contributed by atoms with Gasteiger partial charge in [-0.3, -0.25) is 4.79 Å². The van der Waals surface area contributed by atoms with Crippen molar-refractivity contribution in [3.63, 3.8) is 0 Å². The molecule has 6 nitrogen and oxygen atoms in total. The van der Waals surface area contributed by atoms with Gasteiger partial charge >= 0.3 is 0 Å². The predicted octanol–water partition coefficient (Wildman–Crippen LogP) is 2.16. The zero-order chi connectivity index (χ0) is 14.4. The Bertz CT molecular complexity index is 425. The van der Waals surface area contributed by atoms with Crippen LogP contribution in [0.4, 0.5) is 0 Å². The van der Waals surface area contributed by atoms with Gasteiger partial charge in [0.15, 0.2) is 0 Å². The van der Waals surface area contributed by atoms with E-state index in [-0.39, 0.29) is 11.9 Å². The molecule has 1 fully saturated rings. The Balaban J connectivity index is 1.78. The summed E-state index contributed by atoms with van der Waals surface area (Å²) in [6.07, 6.45) is 8.34. The van der Waals surface area contributed by atoms with E-state index in [0.29, 0.717) is 12.5 Å². The molecule has 112 valence electrons. The molecule has 1 aromatic heterocycles. The van der Waals surface area contributed by atoms with Crippen molar-refractivity contribution in [3.05, 3.63) is 5.82 Å². The summed E-state index contributed by atoms with van der Waals surface area (Å²) in [6.45, 7) is 4.00. The van der Waals surface area contributed by atoms with Crippen LogP contribution in [0.3, 0.4) is 0 Å². The summed E-state index contributed by atoms with van der Waals surface area (Å²) in [5, 5.41) is 14.7. The first kappa shape index (κ1) is 14.9. The highest BCUT2D eigenvalue weighted by molar-refractivity contribution is 5.76. The first-order valence-electron chi connectivity index (χ1n) is 7.74. The van der Waals surface area contributed by atoms with Crippen LogP contribution in [-0.2, 0) is 4.79 Å². The summed E-state index contributed by atoms with van der Waals surface area (Å²) in [6, 6.07) is 0.605. The quantitative estimate of drug-likeness (QED) is 0.866. The average Bonchev–Trinajstić information content (AvgIpc) is 2.87. The number of hydrogen-bond acceptors (Lipinski definition) is 4. The van der Waals surface area contributed by atoms with Crippen molar-refractivity contribution in [2.75, 3.05) is 0 Å². The Kier molecular flexibility index (Phi) is 5.49. The molecule has 1 aliphatic carbocycles. The molecule has 1 aromatic rings. The molecule has 1 amide bonds. The van der Waals surface area contributed by atoms with Gasteiger partial charge in [0.1, 0.15) is 5.82 Å². The molecule has 1 atom stereocenters. The number of nitrogens with one attached hydrogen (secondary N) is 1. The third kappa shape index (κ3) is 4.02. The molecule has 1 N–H and O–H groups in total. The maximum absolute atomic E-state index is 12.0. The van der Waals surface area contributed by atoms with Crippen LogP contribution in [-0.4, -0.2) is 32.2 Å². The molecule has 1 aliphatic rings. The van der Waals surface area contributed by atoms with Crippen molar-refractivity contribution in [2.24, 2.45) is 0 Å². The minimum Gasteiger partial charge on any atom is -0.353 e. The second-order valence-corrected chi connectivity index (χ2v) is 5.67. The van der Waals surface area contributed by atoms with Gasteiger partial charge < -0.3 is 5.32 Å². The molecule has 1 heterocycles. The van der Waals surface area contributed by atoms with Crippen LogP contribution in [0.1, 0.15) is 70.2 Å². The lowest BCUT2D eigenvalue weighted by Gasteiger charge is -2.23. The number of rotatable bonds is 6. The molecule has 0 saturated heterocycles. The van der Waals surface area contributed by atoms with Crippen LogP contribution in [0.5, 0.6) is 0 Å². The first-order valence-corrected chi connectivity index (χ1v) is 7.74. The van der Waals surface area contributed by atoms with Crippen LogP contribution in [0.2, 0.25) is 0 Å². The molecule has 6 heteroatoms. The van der Waals surface area contributed by atoms with Crippen molar-refractivity contribution in [1.29, 1.82) is 0 Å². The maximum Gasteiger partial charge on any atom is 0.220 e. The van der Waals surface area contributed by atoms with Crippen LogP contribution in [0.25, 0.3) is 0 Å². The van der Waals surface area contributed by atoms with E-state index in [1.165, 1.54) is 19.3 Å². The third-order valence-corrected chi connectivity index (χ3v) is 4.15. The molecule has 2 rings (SSSR count). The summed E-state index contributed by atoms with van der Waals surface area (Å²) in [4.78, 5) is 12.0. The van der Waals surface area contributed by atoms with Crippen LogP contribution >= 0.6 is 0 Å². The summed E-state index contributed by atoms with van der Waals surface area (Å²) in [5.74, 6) is 0.977. The van der Waals surface area contributed by atoms with E-state index in [0.717, 1.165) is 31.5 Å². The van der Waals surface area contributed by atoms with Crippen molar-refractivity contribution >= 4 is 5.91 Å². The number of hydrogen-bond donors (Lipinski definition) is 1. The lowest BCUT2D eigenvalue weighted by Crippen LogP contribution is -2.36. The molecule has 0 radical (unpaired) electrons. The van der Waals surface area contributed by atoms with Gasteiger partial charge in [-0.2, -0.15) is 0 Å². The summed E-state index contributed by atoms with van der Waals surface area (Å²) < 4.78 is 1.83. The molecule has 1 unspecified atom stereocenters. The highest BCUT2D eigenvalue weighted by atomic mass is 16.1. The monoisotopic (exact) mass is 279 g/mol. The van der Waals surface area contributed by atoms with Gasteiger partial charge in [0.2, 0.25) is 5.91 Å². The molecule has 0 aliphatic heterocycles. The highest BCUT2D eigenvalue weighted by Gasteiger charge is 2.18. The largest absolute Gasteiger partial charge is 0.353 e.